The van der Waals surface area contributed by atoms with Crippen LogP contribution in [0.4, 0.5) is 0 Å². The van der Waals surface area contributed by atoms with Crippen LogP contribution in [-0.2, 0) is 11.8 Å². The summed E-state index contributed by atoms with van der Waals surface area (Å²) in [7, 11) is 5.08. The van der Waals surface area contributed by atoms with Gasteiger partial charge < -0.3 is 19.3 Å². The predicted octanol–water partition coefficient (Wildman–Crippen LogP) is 0.653. The average Bonchev–Trinajstić information content (AvgIpc) is 2.79. The number of likely N-dealkylation sites (N-methyl/N-ethyl adjacent to an activating group) is 1. The second-order valence-corrected chi connectivity index (χ2v) is 4.85. The van der Waals surface area contributed by atoms with Gasteiger partial charge in [0.15, 0.2) is 0 Å². The summed E-state index contributed by atoms with van der Waals surface area (Å²) in [6.07, 6.45) is 1.03. The largest absolute Gasteiger partial charge is 0.389 e. The number of aliphatic hydroxyl groups excluding tert-OH is 1. The van der Waals surface area contributed by atoms with Crippen molar-refractivity contribution in [3.63, 3.8) is 0 Å². The lowest BCUT2D eigenvalue weighted by Gasteiger charge is -2.20. The summed E-state index contributed by atoms with van der Waals surface area (Å²) < 4.78 is 6.75. The number of aryl methyl sites for hydroxylation is 1. The molecule has 0 radical (unpaired) electrons. The zero-order chi connectivity index (χ0) is 14.7. The number of hydrogen-bond donors (Lipinski definition) is 1. The molecular weight excluding hydrogens is 258 g/mol. The minimum atomic E-state index is -0.687. The van der Waals surface area contributed by atoms with E-state index in [1.807, 2.05) is 17.7 Å². The van der Waals surface area contributed by atoms with E-state index in [0.29, 0.717) is 5.56 Å². The lowest BCUT2D eigenvalue weighted by atomic mass is 10.1. The number of ether oxygens (including phenoxy) is 1. The van der Waals surface area contributed by atoms with Gasteiger partial charge in [-0.05, 0) is 18.2 Å². The molecule has 1 unspecified atom stereocenters. The lowest BCUT2D eigenvalue weighted by Crippen LogP contribution is -2.36. The fraction of sp³-hybridized carbons (Fsp3) is 0.429. The van der Waals surface area contributed by atoms with Crippen LogP contribution in [0.3, 0.4) is 0 Å². The Morgan fingerprint density at radius 1 is 1.55 bits per heavy atom. The molecule has 6 heteroatoms. The quantitative estimate of drug-likeness (QED) is 0.871. The zero-order valence-corrected chi connectivity index (χ0v) is 11.9. The van der Waals surface area contributed by atoms with Crippen LogP contribution in [0.15, 0.2) is 24.5 Å². The molecular formula is C14H19N3O3. The number of aliphatic hydroxyl groups is 1. The van der Waals surface area contributed by atoms with E-state index >= 15 is 0 Å². The summed E-state index contributed by atoms with van der Waals surface area (Å²) in [6.45, 7) is 0.434. The van der Waals surface area contributed by atoms with Crippen molar-refractivity contribution < 1.29 is 14.6 Å². The number of methoxy groups -OCH3 is 1. The standard InChI is InChI=1S/C14H19N3O3/c1-16(7-11(18)8-20-3)14(19)10-4-5-13-12(6-10)15-9-17(13)2/h4-6,9,11,18H,7-8H2,1-3H3. The molecule has 1 heterocycles. The number of fused-ring (bicyclic) bond motifs is 1. The van der Waals surface area contributed by atoms with Crippen molar-refractivity contribution in [3.8, 4) is 0 Å². The van der Waals surface area contributed by atoms with Crippen molar-refractivity contribution in [2.45, 2.75) is 6.10 Å². The van der Waals surface area contributed by atoms with E-state index in [1.165, 1.54) is 12.0 Å². The van der Waals surface area contributed by atoms with E-state index in [1.54, 1.807) is 25.5 Å². The number of amides is 1. The van der Waals surface area contributed by atoms with Gasteiger partial charge in [-0.15, -0.1) is 0 Å². The van der Waals surface area contributed by atoms with Crippen molar-refractivity contribution in [2.24, 2.45) is 7.05 Å². The van der Waals surface area contributed by atoms with Crippen molar-refractivity contribution in [2.75, 3.05) is 27.3 Å². The number of imidazole rings is 1. The first-order chi connectivity index (χ1) is 9.52. The summed E-state index contributed by atoms with van der Waals surface area (Å²) in [6, 6.07) is 5.40. The smallest absolute Gasteiger partial charge is 0.253 e. The first kappa shape index (κ1) is 14.5. The molecule has 1 aromatic carbocycles. The maximum absolute atomic E-state index is 12.3. The highest BCUT2D eigenvalue weighted by molar-refractivity contribution is 5.97. The number of carbonyl (C=O) groups is 1. The highest BCUT2D eigenvalue weighted by Gasteiger charge is 2.16. The molecule has 2 rings (SSSR count). The third-order valence-electron chi connectivity index (χ3n) is 3.16. The Morgan fingerprint density at radius 2 is 2.30 bits per heavy atom. The molecule has 6 nitrogen and oxygen atoms in total. The number of rotatable bonds is 5. The number of nitrogens with zero attached hydrogens (tertiary/aromatic N) is 3. The first-order valence-electron chi connectivity index (χ1n) is 6.36. The van der Waals surface area contributed by atoms with Crippen molar-refractivity contribution >= 4 is 16.9 Å². The van der Waals surface area contributed by atoms with Gasteiger partial charge >= 0.3 is 0 Å². The van der Waals surface area contributed by atoms with E-state index in [4.69, 9.17) is 4.74 Å². The Balaban J connectivity index is 2.14. The summed E-state index contributed by atoms with van der Waals surface area (Å²) >= 11 is 0. The van der Waals surface area contributed by atoms with Gasteiger partial charge in [-0.1, -0.05) is 0 Å². The molecule has 0 saturated carbocycles. The number of benzene rings is 1. The summed E-state index contributed by atoms with van der Waals surface area (Å²) in [5, 5.41) is 9.66. The number of hydrogen-bond acceptors (Lipinski definition) is 4. The minimum Gasteiger partial charge on any atom is -0.389 e. The first-order valence-corrected chi connectivity index (χ1v) is 6.36. The SMILES string of the molecule is COCC(O)CN(C)C(=O)c1ccc2c(c1)ncn2C. The Morgan fingerprint density at radius 3 is 3.00 bits per heavy atom. The van der Waals surface area contributed by atoms with Crippen LogP contribution in [0.1, 0.15) is 10.4 Å². The van der Waals surface area contributed by atoms with Crippen LogP contribution in [0, 0.1) is 0 Å². The maximum atomic E-state index is 12.3. The van der Waals surface area contributed by atoms with Gasteiger partial charge in [-0.3, -0.25) is 4.79 Å². The molecule has 0 aliphatic carbocycles. The van der Waals surface area contributed by atoms with Gasteiger partial charge in [-0.2, -0.15) is 0 Å². The van der Waals surface area contributed by atoms with Crippen molar-refractivity contribution in [1.29, 1.82) is 0 Å². The monoisotopic (exact) mass is 277 g/mol. The van der Waals surface area contributed by atoms with Crippen LogP contribution in [0.5, 0.6) is 0 Å². The molecule has 1 N–H and O–H groups in total. The predicted molar refractivity (Wildman–Crippen MR) is 75.6 cm³/mol. The van der Waals surface area contributed by atoms with Crippen LogP contribution in [0.25, 0.3) is 11.0 Å². The van der Waals surface area contributed by atoms with E-state index in [2.05, 4.69) is 4.98 Å². The molecule has 1 atom stereocenters. The maximum Gasteiger partial charge on any atom is 0.253 e. The molecule has 0 fully saturated rings. The van der Waals surface area contributed by atoms with Crippen LogP contribution >= 0.6 is 0 Å². The average molecular weight is 277 g/mol. The fourth-order valence-electron chi connectivity index (χ4n) is 2.13. The topological polar surface area (TPSA) is 67.6 Å². The van der Waals surface area contributed by atoms with Crippen molar-refractivity contribution in [1.82, 2.24) is 14.5 Å². The van der Waals surface area contributed by atoms with Crippen LogP contribution in [0.2, 0.25) is 0 Å². The van der Waals surface area contributed by atoms with Gasteiger partial charge in [0.2, 0.25) is 0 Å². The molecule has 108 valence electrons. The Bertz CT molecular complexity index is 609. The van der Waals surface area contributed by atoms with E-state index in [9.17, 15) is 9.90 Å². The van der Waals surface area contributed by atoms with E-state index < -0.39 is 6.10 Å². The minimum absolute atomic E-state index is 0.146. The molecule has 0 bridgehead atoms. The van der Waals surface area contributed by atoms with Crippen LogP contribution < -0.4 is 0 Å². The molecule has 0 spiro atoms. The molecule has 0 aliphatic rings. The van der Waals surface area contributed by atoms with Gasteiger partial charge in [0.1, 0.15) is 0 Å². The Hall–Kier alpha value is -1.92. The summed E-state index contributed by atoms with van der Waals surface area (Å²) in [5.74, 6) is -0.146. The molecule has 1 amide bonds. The Labute approximate surface area is 117 Å². The van der Waals surface area contributed by atoms with Crippen LogP contribution in [-0.4, -0.2) is 58.9 Å². The third kappa shape index (κ3) is 2.97. The third-order valence-corrected chi connectivity index (χ3v) is 3.16. The second-order valence-electron chi connectivity index (χ2n) is 4.85. The van der Waals surface area contributed by atoms with Crippen molar-refractivity contribution in [3.05, 3.63) is 30.1 Å². The highest BCUT2D eigenvalue weighted by Crippen LogP contribution is 2.15. The summed E-state index contributed by atoms with van der Waals surface area (Å²) in [5.41, 5.74) is 2.32. The normalized spacial score (nSPS) is 12.6. The second kappa shape index (κ2) is 6.02. The molecule has 2 aromatic rings. The molecule has 20 heavy (non-hydrogen) atoms. The van der Waals surface area contributed by atoms with Gasteiger partial charge in [-0.25, -0.2) is 4.98 Å². The van der Waals surface area contributed by atoms with Gasteiger partial charge in [0.25, 0.3) is 5.91 Å². The fourth-order valence-corrected chi connectivity index (χ4v) is 2.13. The van der Waals surface area contributed by atoms with E-state index in [0.717, 1.165) is 11.0 Å². The summed E-state index contributed by atoms with van der Waals surface area (Å²) in [4.78, 5) is 18.0. The molecule has 1 aromatic heterocycles. The van der Waals surface area contributed by atoms with E-state index in [-0.39, 0.29) is 19.1 Å². The molecule has 0 saturated heterocycles. The van der Waals surface area contributed by atoms with Gasteiger partial charge in [0.05, 0.1) is 30.1 Å². The molecule has 0 aliphatic heterocycles. The van der Waals surface area contributed by atoms with Gasteiger partial charge in [0, 0.05) is 33.3 Å². The number of carbonyl (C=O) groups excluding carboxylic acids is 1. The lowest BCUT2D eigenvalue weighted by molar-refractivity contribution is 0.0380. The highest BCUT2D eigenvalue weighted by atomic mass is 16.5. The number of aromatic nitrogens is 2. The Kier molecular flexibility index (Phi) is 4.36. The zero-order valence-electron chi connectivity index (χ0n) is 11.9.